The van der Waals surface area contributed by atoms with Crippen molar-refractivity contribution in [2.75, 3.05) is 6.54 Å². The molecule has 2 aliphatic carbocycles. The number of amides is 2. The number of aromatic nitrogens is 2. The molecule has 6 nitrogen and oxygen atoms in total. The van der Waals surface area contributed by atoms with E-state index in [1.54, 1.807) is 0 Å². The Morgan fingerprint density at radius 1 is 1.32 bits per heavy atom. The molecule has 0 unspecified atom stereocenters. The zero-order chi connectivity index (χ0) is 15.2. The molecule has 2 saturated carbocycles. The van der Waals surface area contributed by atoms with Crippen LogP contribution in [0.3, 0.4) is 0 Å². The number of hydrogen-bond donors (Lipinski definition) is 1. The van der Waals surface area contributed by atoms with Gasteiger partial charge in [0, 0.05) is 19.0 Å². The van der Waals surface area contributed by atoms with Crippen molar-refractivity contribution >= 4 is 6.03 Å². The standard InChI is InChI=1S/C16H24N4O2/c1-2-13-18-19-14(22-13)16-9-7-11(16)8-10-20(16)15(21)17-12-5-3-4-6-12/h11-12H,2-10H2,1H3,(H,17,21)/t11-,16-/m0/s1. The molecule has 0 radical (unpaired) electrons. The topological polar surface area (TPSA) is 71.3 Å². The molecule has 4 rings (SSSR count). The zero-order valence-electron chi connectivity index (χ0n) is 13.2. The molecular weight excluding hydrogens is 280 g/mol. The Labute approximate surface area is 130 Å². The predicted octanol–water partition coefficient (Wildman–Crippen LogP) is 2.60. The van der Waals surface area contributed by atoms with E-state index < -0.39 is 0 Å². The fraction of sp³-hybridized carbons (Fsp3) is 0.812. The van der Waals surface area contributed by atoms with Gasteiger partial charge >= 0.3 is 6.03 Å². The van der Waals surface area contributed by atoms with Gasteiger partial charge < -0.3 is 14.6 Å². The van der Waals surface area contributed by atoms with E-state index >= 15 is 0 Å². The van der Waals surface area contributed by atoms with E-state index in [4.69, 9.17) is 4.42 Å². The van der Waals surface area contributed by atoms with E-state index in [0.717, 1.165) is 45.1 Å². The maximum absolute atomic E-state index is 12.8. The number of aryl methyl sites for hydroxylation is 1. The zero-order valence-corrected chi connectivity index (χ0v) is 13.2. The van der Waals surface area contributed by atoms with Crippen LogP contribution < -0.4 is 5.32 Å². The summed E-state index contributed by atoms with van der Waals surface area (Å²) in [6, 6.07) is 0.405. The summed E-state index contributed by atoms with van der Waals surface area (Å²) in [6.07, 6.45) is 8.54. The highest BCUT2D eigenvalue weighted by molar-refractivity contribution is 5.76. The molecule has 2 amide bonds. The van der Waals surface area contributed by atoms with Crippen LogP contribution in [0.2, 0.25) is 0 Å². The lowest BCUT2D eigenvalue weighted by Gasteiger charge is -2.47. The van der Waals surface area contributed by atoms with Gasteiger partial charge in [-0.2, -0.15) is 0 Å². The van der Waals surface area contributed by atoms with Crippen molar-refractivity contribution in [1.82, 2.24) is 20.4 Å². The monoisotopic (exact) mass is 304 g/mol. The summed E-state index contributed by atoms with van der Waals surface area (Å²) in [5, 5.41) is 11.6. The molecule has 22 heavy (non-hydrogen) atoms. The molecule has 0 bridgehead atoms. The first kappa shape index (κ1) is 14.0. The maximum Gasteiger partial charge on any atom is 0.318 e. The Hall–Kier alpha value is -1.59. The summed E-state index contributed by atoms with van der Waals surface area (Å²) in [5.41, 5.74) is -0.330. The second-order valence-electron chi connectivity index (χ2n) is 6.89. The van der Waals surface area contributed by atoms with Gasteiger partial charge in [-0.25, -0.2) is 4.79 Å². The molecule has 1 aromatic rings. The van der Waals surface area contributed by atoms with Gasteiger partial charge in [0.25, 0.3) is 0 Å². The lowest BCUT2D eigenvalue weighted by atomic mass is 9.67. The molecule has 1 N–H and O–H groups in total. The molecule has 0 aromatic carbocycles. The number of urea groups is 1. The van der Waals surface area contributed by atoms with Gasteiger partial charge in [-0.05, 0) is 38.0 Å². The molecule has 6 heteroatoms. The summed E-state index contributed by atoms with van der Waals surface area (Å²) in [6.45, 7) is 2.81. The number of nitrogens with one attached hydrogen (secondary N) is 1. The normalized spacial score (nSPS) is 31.1. The Morgan fingerprint density at radius 2 is 2.14 bits per heavy atom. The summed E-state index contributed by atoms with van der Waals surface area (Å²) in [5.74, 6) is 1.80. The molecular formula is C16H24N4O2. The smallest absolute Gasteiger partial charge is 0.318 e. The fourth-order valence-electron chi connectivity index (χ4n) is 4.42. The Bertz CT molecular complexity index is 566. The third-order valence-corrected chi connectivity index (χ3v) is 5.80. The molecule has 1 aliphatic heterocycles. The van der Waals surface area contributed by atoms with Gasteiger partial charge in [0.05, 0.1) is 0 Å². The fourth-order valence-corrected chi connectivity index (χ4v) is 4.42. The van der Waals surface area contributed by atoms with Gasteiger partial charge in [-0.1, -0.05) is 19.8 Å². The molecule has 1 saturated heterocycles. The minimum atomic E-state index is -0.330. The molecule has 3 aliphatic rings. The summed E-state index contributed by atoms with van der Waals surface area (Å²) in [4.78, 5) is 14.7. The minimum absolute atomic E-state index is 0.0605. The Balaban J connectivity index is 1.57. The number of hydrogen-bond acceptors (Lipinski definition) is 4. The van der Waals surface area contributed by atoms with Gasteiger partial charge in [-0.15, -0.1) is 10.2 Å². The third-order valence-electron chi connectivity index (χ3n) is 5.80. The SMILES string of the molecule is CCc1nnc([C@]23CC[C@H]2CCN3C(=O)NC2CCCC2)o1. The lowest BCUT2D eigenvalue weighted by Crippen LogP contribution is -2.57. The van der Waals surface area contributed by atoms with Gasteiger partial charge in [0.1, 0.15) is 5.54 Å². The number of fused-ring (bicyclic) bond motifs is 1. The van der Waals surface area contributed by atoms with Crippen molar-refractivity contribution in [2.24, 2.45) is 5.92 Å². The quantitative estimate of drug-likeness (QED) is 0.931. The minimum Gasteiger partial charge on any atom is -0.423 e. The maximum atomic E-state index is 12.8. The van der Waals surface area contributed by atoms with Crippen LogP contribution in [0.25, 0.3) is 0 Å². The second-order valence-corrected chi connectivity index (χ2v) is 6.89. The molecule has 1 aromatic heterocycles. The van der Waals surface area contributed by atoms with E-state index in [1.165, 1.54) is 12.8 Å². The molecule has 2 heterocycles. The first-order valence-corrected chi connectivity index (χ1v) is 8.65. The van der Waals surface area contributed by atoms with Crippen LogP contribution >= 0.6 is 0 Å². The highest BCUT2D eigenvalue weighted by Crippen LogP contribution is 2.56. The predicted molar refractivity (Wildman–Crippen MR) is 80.2 cm³/mol. The van der Waals surface area contributed by atoms with Crippen molar-refractivity contribution in [3.8, 4) is 0 Å². The van der Waals surface area contributed by atoms with Crippen LogP contribution in [-0.2, 0) is 12.0 Å². The van der Waals surface area contributed by atoms with Crippen LogP contribution in [0.4, 0.5) is 4.79 Å². The molecule has 2 atom stereocenters. The van der Waals surface area contributed by atoms with Crippen LogP contribution in [0.15, 0.2) is 4.42 Å². The first-order valence-electron chi connectivity index (χ1n) is 8.65. The van der Waals surface area contributed by atoms with Gasteiger partial charge in [0.15, 0.2) is 0 Å². The Kier molecular flexibility index (Phi) is 3.35. The first-order chi connectivity index (χ1) is 10.7. The van der Waals surface area contributed by atoms with Crippen molar-refractivity contribution in [2.45, 2.75) is 69.9 Å². The van der Waals surface area contributed by atoms with E-state index in [1.807, 2.05) is 11.8 Å². The van der Waals surface area contributed by atoms with E-state index in [2.05, 4.69) is 15.5 Å². The highest BCUT2D eigenvalue weighted by atomic mass is 16.4. The number of likely N-dealkylation sites (tertiary alicyclic amines) is 1. The van der Waals surface area contributed by atoms with Crippen LogP contribution in [-0.4, -0.2) is 33.7 Å². The van der Waals surface area contributed by atoms with Crippen molar-refractivity contribution in [3.05, 3.63) is 11.8 Å². The van der Waals surface area contributed by atoms with E-state index in [9.17, 15) is 4.79 Å². The lowest BCUT2D eigenvalue weighted by molar-refractivity contribution is 0.0129. The number of rotatable bonds is 3. The molecule has 0 spiro atoms. The average molecular weight is 304 g/mol. The van der Waals surface area contributed by atoms with Crippen LogP contribution in [0, 0.1) is 5.92 Å². The number of carbonyl (C=O) groups excluding carboxylic acids is 1. The molecule has 3 fully saturated rings. The van der Waals surface area contributed by atoms with Crippen molar-refractivity contribution in [1.29, 1.82) is 0 Å². The second kappa shape index (κ2) is 5.25. The molecule has 120 valence electrons. The van der Waals surface area contributed by atoms with E-state index in [-0.39, 0.29) is 11.6 Å². The van der Waals surface area contributed by atoms with Crippen LogP contribution in [0.1, 0.15) is 63.7 Å². The van der Waals surface area contributed by atoms with Crippen molar-refractivity contribution in [3.63, 3.8) is 0 Å². The number of nitrogens with zero attached hydrogens (tertiary/aromatic N) is 3. The van der Waals surface area contributed by atoms with Crippen LogP contribution in [0.5, 0.6) is 0 Å². The van der Waals surface area contributed by atoms with Gasteiger partial charge in [-0.3, -0.25) is 0 Å². The highest BCUT2D eigenvalue weighted by Gasteiger charge is 2.61. The van der Waals surface area contributed by atoms with E-state index in [0.29, 0.717) is 23.7 Å². The summed E-state index contributed by atoms with van der Waals surface area (Å²) >= 11 is 0. The third kappa shape index (κ3) is 1.96. The summed E-state index contributed by atoms with van der Waals surface area (Å²) < 4.78 is 5.85. The number of carbonyl (C=O) groups is 1. The van der Waals surface area contributed by atoms with Gasteiger partial charge in [0.2, 0.25) is 11.8 Å². The summed E-state index contributed by atoms with van der Waals surface area (Å²) in [7, 11) is 0. The van der Waals surface area contributed by atoms with Crippen molar-refractivity contribution < 1.29 is 9.21 Å². The Morgan fingerprint density at radius 3 is 2.77 bits per heavy atom. The largest absolute Gasteiger partial charge is 0.423 e. The average Bonchev–Trinajstić information content (AvgIpc) is 3.19.